The van der Waals surface area contributed by atoms with E-state index in [9.17, 15) is 43.2 Å². The van der Waals surface area contributed by atoms with Crippen LogP contribution in [0.2, 0.25) is 0 Å². The highest BCUT2D eigenvalue weighted by atomic mass is 31.2. The molecule has 0 saturated heterocycles. The third-order valence-corrected chi connectivity index (χ3v) is 18.7. The number of carbonyl (C=O) groups excluding carboxylic acids is 4. The lowest BCUT2D eigenvalue weighted by Gasteiger charge is -2.21. The molecule has 0 aliphatic rings. The van der Waals surface area contributed by atoms with E-state index in [4.69, 9.17) is 37.0 Å². The molecule has 3 N–H and O–H groups in total. The van der Waals surface area contributed by atoms with Crippen LogP contribution in [0.4, 0.5) is 0 Å². The Morgan fingerprint density at radius 3 is 0.833 bits per heavy atom. The van der Waals surface area contributed by atoms with Crippen LogP contribution in [0.1, 0.15) is 362 Å². The smallest absolute Gasteiger partial charge is 0.462 e. The normalized spacial score (nSPS) is 14.2. The number of carbonyl (C=O) groups is 4. The zero-order chi connectivity index (χ0) is 70.4. The van der Waals surface area contributed by atoms with E-state index in [0.29, 0.717) is 25.7 Å². The summed E-state index contributed by atoms with van der Waals surface area (Å²) in [5.74, 6) is -2.15. The number of ether oxygens (including phenoxy) is 4. The first-order valence-corrected chi connectivity index (χ1v) is 41.9. The maximum Gasteiger partial charge on any atom is 0.472 e. The van der Waals surface area contributed by atoms with Crippen LogP contribution in [0, 0.1) is 0 Å². The summed E-state index contributed by atoms with van der Waals surface area (Å²) in [5, 5.41) is 10.6. The van der Waals surface area contributed by atoms with Crippen molar-refractivity contribution in [2.75, 3.05) is 39.6 Å². The monoisotopic (exact) mass is 1400 g/mol. The van der Waals surface area contributed by atoms with Crippen LogP contribution < -0.4 is 0 Å². The molecule has 562 valence electrons. The lowest BCUT2D eigenvalue weighted by molar-refractivity contribution is -0.161. The highest BCUT2D eigenvalue weighted by Crippen LogP contribution is 2.45. The van der Waals surface area contributed by atoms with E-state index in [0.717, 1.165) is 135 Å². The van der Waals surface area contributed by atoms with Gasteiger partial charge >= 0.3 is 39.5 Å². The molecule has 0 aliphatic carbocycles. The Balaban J connectivity index is 5.27. The van der Waals surface area contributed by atoms with E-state index in [1.54, 1.807) is 0 Å². The Hall–Kier alpha value is -2.98. The third kappa shape index (κ3) is 69.5. The molecule has 19 heteroatoms. The van der Waals surface area contributed by atoms with Gasteiger partial charge in [0.2, 0.25) is 0 Å². The second kappa shape index (κ2) is 70.5. The van der Waals surface area contributed by atoms with Gasteiger partial charge in [-0.2, -0.15) is 0 Å². The number of aliphatic hydroxyl groups is 1. The van der Waals surface area contributed by atoms with E-state index in [2.05, 4.69) is 76.3 Å². The molecule has 0 aromatic carbocycles. The summed E-state index contributed by atoms with van der Waals surface area (Å²) in [6.07, 6.45) is 66.7. The molecule has 0 saturated carbocycles. The Kier molecular flexibility index (Phi) is 68.3. The molecule has 5 atom stereocenters. The van der Waals surface area contributed by atoms with Crippen LogP contribution in [0.15, 0.2) is 48.6 Å². The number of allylic oxidation sites excluding steroid dienone is 8. The van der Waals surface area contributed by atoms with Gasteiger partial charge in [-0.3, -0.25) is 37.3 Å². The van der Waals surface area contributed by atoms with Gasteiger partial charge in [0, 0.05) is 25.7 Å². The number of phosphoric ester groups is 2. The predicted molar refractivity (Wildman–Crippen MR) is 390 cm³/mol. The molecule has 0 rings (SSSR count). The van der Waals surface area contributed by atoms with Gasteiger partial charge in [0.05, 0.1) is 26.4 Å². The van der Waals surface area contributed by atoms with Gasteiger partial charge in [0.1, 0.15) is 19.3 Å². The minimum absolute atomic E-state index is 0.0991. The van der Waals surface area contributed by atoms with Crippen molar-refractivity contribution in [3.05, 3.63) is 48.6 Å². The Bertz CT molecular complexity index is 2010. The van der Waals surface area contributed by atoms with Crippen molar-refractivity contribution in [2.24, 2.45) is 0 Å². The molecule has 0 aliphatic heterocycles. The number of unbranched alkanes of at least 4 members (excludes halogenated alkanes) is 40. The standard InChI is InChI=1S/C77H142O17P2/c1-5-9-13-17-21-25-29-32-33-34-35-36-37-40-43-46-50-54-58-62-75(80)88-68-73(94-77(82)64-60-56-52-48-44-39-31-27-23-19-15-11-7-3)70-92-96(85,86)90-66-71(78)65-89-95(83,84)91-69-72(93-76(81)63-59-55-51-47-41-28-24-20-16-12-8-4)67-87-74(79)61-57-53-49-45-42-38-30-26-22-18-14-10-6-2/h9,13,21,25,32-33,35-36,71-73,78H,5-8,10-12,14-20,22-24,26-31,34,37-70H2,1-4H3,(H,83,84)(H,85,86)/b13-9-,25-21-,33-32-,36-35-. The van der Waals surface area contributed by atoms with Crippen LogP contribution in [-0.2, 0) is 65.4 Å². The molecule has 0 spiro atoms. The molecule has 0 heterocycles. The Labute approximate surface area is 585 Å². The molecule has 5 unspecified atom stereocenters. The predicted octanol–water partition coefficient (Wildman–Crippen LogP) is 22.1. The number of hydrogen-bond acceptors (Lipinski definition) is 15. The molecule has 0 aromatic rings. The average Bonchev–Trinajstić information content (AvgIpc) is 1.17. The quantitative estimate of drug-likeness (QED) is 0.0169. The van der Waals surface area contributed by atoms with Crippen molar-refractivity contribution >= 4 is 39.5 Å². The lowest BCUT2D eigenvalue weighted by Crippen LogP contribution is -2.30. The summed E-state index contributed by atoms with van der Waals surface area (Å²) in [4.78, 5) is 72.8. The summed E-state index contributed by atoms with van der Waals surface area (Å²) in [6.45, 7) is 4.81. The highest BCUT2D eigenvalue weighted by Gasteiger charge is 2.30. The summed E-state index contributed by atoms with van der Waals surface area (Å²) in [6, 6.07) is 0. The van der Waals surface area contributed by atoms with Gasteiger partial charge in [0.25, 0.3) is 0 Å². The van der Waals surface area contributed by atoms with Crippen LogP contribution in [0.5, 0.6) is 0 Å². The van der Waals surface area contributed by atoms with Gasteiger partial charge in [0.15, 0.2) is 12.2 Å². The molecular formula is C77H142O17P2. The zero-order valence-corrected chi connectivity index (χ0v) is 63.1. The summed E-state index contributed by atoms with van der Waals surface area (Å²) >= 11 is 0. The fourth-order valence-electron chi connectivity index (χ4n) is 10.9. The van der Waals surface area contributed by atoms with E-state index in [1.807, 2.05) is 0 Å². The van der Waals surface area contributed by atoms with Crippen LogP contribution >= 0.6 is 15.6 Å². The van der Waals surface area contributed by atoms with Gasteiger partial charge < -0.3 is 33.8 Å². The lowest BCUT2D eigenvalue weighted by atomic mass is 10.0. The van der Waals surface area contributed by atoms with Gasteiger partial charge in [-0.25, -0.2) is 9.13 Å². The van der Waals surface area contributed by atoms with Crippen molar-refractivity contribution in [1.29, 1.82) is 0 Å². The second-order valence-corrected chi connectivity index (χ2v) is 29.2. The van der Waals surface area contributed by atoms with Crippen molar-refractivity contribution in [3.63, 3.8) is 0 Å². The molecule has 0 fully saturated rings. The zero-order valence-electron chi connectivity index (χ0n) is 61.3. The van der Waals surface area contributed by atoms with Crippen molar-refractivity contribution in [1.82, 2.24) is 0 Å². The van der Waals surface area contributed by atoms with Gasteiger partial charge in [-0.1, -0.05) is 320 Å². The van der Waals surface area contributed by atoms with Crippen LogP contribution in [-0.4, -0.2) is 96.7 Å². The highest BCUT2D eigenvalue weighted by molar-refractivity contribution is 7.47. The minimum Gasteiger partial charge on any atom is -0.462 e. The molecule has 0 aromatic heterocycles. The number of phosphoric acid groups is 2. The van der Waals surface area contributed by atoms with E-state index >= 15 is 0 Å². The minimum atomic E-state index is -4.97. The molecule has 0 bridgehead atoms. The maximum atomic E-state index is 13.1. The molecule has 17 nitrogen and oxygen atoms in total. The summed E-state index contributed by atoms with van der Waals surface area (Å²) < 4.78 is 68.5. The maximum absolute atomic E-state index is 13.1. The van der Waals surface area contributed by atoms with E-state index < -0.39 is 97.5 Å². The molecule has 96 heavy (non-hydrogen) atoms. The van der Waals surface area contributed by atoms with Crippen LogP contribution in [0.3, 0.4) is 0 Å². The number of rotatable bonds is 74. The fourth-order valence-corrected chi connectivity index (χ4v) is 12.5. The van der Waals surface area contributed by atoms with Crippen LogP contribution in [0.25, 0.3) is 0 Å². The van der Waals surface area contributed by atoms with Gasteiger partial charge in [-0.05, 0) is 64.2 Å². The first kappa shape index (κ1) is 93.0. The fraction of sp³-hybridized carbons (Fsp3) is 0.844. The topological polar surface area (TPSA) is 237 Å². The molecule has 0 amide bonds. The largest absolute Gasteiger partial charge is 0.472 e. The summed E-state index contributed by atoms with van der Waals surface area (Å²) in [7, 11) is -9.92. The van der Waals surface area contributed by atoms with E-state index in [-0.39, 0.29) is 25.7 Å². The van der Waals surface area contributed by atoms with Crippen molar-refractivity contribution < 1.29 is 80.2 Å². The molecule has 0 radical (unpaired) electrons. The third-order valence-electron chi connectivity index (χ3n) is 16.8. The summed E-state index contributed by atoms with van der Waals surface area (Å²) in [5.41, 5.74) is 0. The Morgan fingerprint density at radius 2 is 0.542 bits per heavy atom. The number of hydrogen-bond donors (Lipinski definition) is 3. The first-order valence-electron chi connectivity index (χ1n) is 38.9. The second-order valence-electron chi connectivity index (χ2n) is 26.3. The number of esters is 4. The average molecular weight is 1400 g/mol. The SMILES string of the molecule is CC/C=C\C/C=C\C/C=C\C/C=C\CCCCCCCCC(=O)OCC(COP(=O)(O)OCC(O)COP(=O)(O)OCC(COC(=O)CCCCCCCCCCCCCCC)OC(=O)CCCCCCCCCCCCC)OC(=O)CCCCCCCCCCCCCCC. The van der Waals surface area contributed by atoms with Crippen molar-refractivity contribution in [2.45, 2.75) is 380 Å². The van der Waals surface area contributed by atoms with Crippen molar-refractivity contribution in [3.8, 4) is 0 Å². The van der Waals surface area contributed by atoms with Gasteiger partial charge in [-0.15, -0.1) is 0 Å². The molecular weight excluding hydrogens is 1260 g/mol. The number of aliphatic hydroxyl groups excluding tert-OH is 1. The Morgan fingerprint density at radius 1 is 0.302 bits per heavy atom. The first-order chi connectivity index (χ1) is 46.7. The van der Waals surface area contributed by atoms with E-state index in [1.165, 1.54) is 148 Å².